The van der Waals surface area contributed by atoms with Gasteiger partial charge in [0.2, 0.25) is 0 Å². The average molecular weight is 242 g/mol. The van der Waals surface area contributed by atoms with E-state index in [-0.39, 0.29) is 0 Å². The average Bonchev–Trinajstić information content (AvgIpc) is 2.51. The van der Waals surface area contributed by atoms with Gasteiger partial charge in [-0.25, -0.2) is 16.4 Å². The Hall–Kier alpha value is -2.28. The molecule has 1 heteroatoms. The predicted molar refractivity (Wildman–Crippen MR) is 84.0 cm³/mol. The SMILES string of the molecule is c1ccc([B-](c2ccccc2)c2ccccc2)cc1. The molecule has 0 nitrogen and oxygen atoms in total. The van der Waals surface area contributed by atoms with Crippen molar-refractivity contribution in [3.8, 4) is 0 Å². The lowest BCUT2D eigenvalue weighted by Gasteiger charge is -2.30. The summed E-state index contributed by atoms with van der Waals surface area (Å²) in [5.74, 6) is 0. The second-order valence-corrected chi connectivity index (χ2v) is 4.67. The molecule has 0 bridgehead atoms. The largest absolute Gasteiger partial charge is 0.233 e. The van der Waals surface area contributed by atoms with Crippen LogP contribution in [-0.2, 0) is 0 Å². The number of rotatable bonds is 3. The van der Waals surface area contributed by atoms with E-state index in [4.69, 9.17) is 0 Å². The Bertz CT molecular complexity index is 524. The van der Waals surface area contributed by atoms with E-state index in [2.05, 4.69) is 91.0 Å². The van der Waals surface area contributed by atoms with E-state index in [1.165, 1.54) is 16.4 Å². The Balaban J connectivity index is 2.12. The van der Waals surface area contributed by atoms with Gasteiger partial charge in [-0.2, -0.15) is 0 Å². The molecule has 0 aliphatic rings. The number of hydrogen-bond donors (Lipinski definition) is 0. The first-order valence-corrected chi connectivity index (χ1v) is 6.60. The first-order chi connectivity index (χ1) is 9.45. The van der Waals surface area contributed by atoms with Gasteiger partial charge in [-0.1, -0.05) is 91.0 Å². The second kappa shape index (κ2) is 5.58. The minimum absolute atomic E-state index is 0.309. The molecule has 0 saturated carbocycles. The Kier molecular flexibility index (Phi) is 3.46. The van der Waals surface area contributed by atoms with Crippen molar-refractivity contribution in [2.24, 2.45) is 0 Å². The van der Waals surface area contributed by atoms with E-state index in [0.29, 0.717) is 6.71 Å². The van der Waals surface area contributed by atoms with Crippen molar-refractivity contribution < 1.29 is 0 Å². The Morgan fingerprint density at radius 1 is 0.368 bits per heavy atom. The van der Waals surface area contributed by atoms with Gasteiger partial charge in [0.15, 0.2) is 0 Å². The summed E-state index contributed by atoms with van der Waals surface area (Å²) in [5.41, 5.74) is 4.00. The highest BCUT2D eigenvalue weighted by molar-refractivity contribution is 6.95. The van der Waals surface area contributed by atoms with Crippen LogP contribution in [0.5, 0.6) is 0 Å². The molecule has 0 aromatic heterocycles. The number of hydrogen-bond acceptors (Lipinski definition) is 0. The van der Waals surface area contributed by atoms with Crippen molar-refractivity contribution in [1.82, 2.24) is 0 Å². The standard InChI is InChI=1S/C18H15B/c1-4-10-16(11-5-1)19(17-12-6-2-7-13-17)18-14-8-3-9-15-18/h1-15H/q-1. The first kappa shape index (κ1) is 11.8. The zero-order valence-electron chi connectivity index (χ0n) is 10.7. The van der Waals surface area contributed by atoms with Crippen LogP contribution in [0.25, 0.3) is 0 Å². The quantitative estimate of drug-likeness (QED) is 0.618. The summed E-state index contributed by atoms with van der Waals surface area (Å²) in [6, 6.07) is 32.0. The van der Waals surface area contributed by atoms with E-state index < -0.39 is 0 Å². The molecule has 0 spiro atoms. The van der Waals surface area contributed by atoms with Gasteiger partial charge in [0.1, 0.15) is 0 Å². The molecule has 19 heavy (non-hydrogen) atoms. The summed E-state index contributed by atoms with van der Waals surface area (Å²) in [6.45, 7) is 0.309. The van der Waals surface area contributed by atoms with Gasteiger partial charge in [-0.15, -0.1) is 0 Å². The zero-order chi connectivity index (χ0) is 12.9. The summed E-state index contributed by atoms with van der Waals surface area (Å²) >= 11 is 0. The molecule has 1 radical (unpaired) electrons. The molecule has 0 atom stereocenters. The van der Waals surface area contributed by atoms with Crippen LogP contribution >= 0.6 is 0 Å². The maximum Gasteiger partial charge on any atom is -0.0336 e. The molecule has 0 amide bonds. The summed E-state index contributed by atoms with van der Waals surface area (Å²) in [7, 11) is 0. The van der Waals surface area contributed by atoms with E-state index in [9.17, 15) is 0 Å². The lowest BCUT2D eigenvalue weighted by molar-refractivity contribution is 1.71. The van der Waals surface area contributed by atoms with Crippen LogP contribution in [0.4, 0.5) is 0 Å². The fraction of sp³-hybridized carbons (Fsp3) is 0. The molecule has 0 aliphatic carbocycles. The monoisotopic (exact) mass is 242 g/mol. The normalized spacial score (nSPS) is 10.6. The Morgan fingerprint density at radius 3 is 0.895 bits per heavy atom. The van der Waals surface area contributed by atoms with Crippen molar-refractivity contribution in [2.45, 2.75) is 0 Å². The van der Waals surface area contributed by atoms with Gasteiger partial charge in [-0.05, 0) is 6.71 Å². The van der Waals surface area contributed by atoms with E-state index in [1.807, 2.05) is 0 Å². The molecule has 0 heterocycles. The van der Waals surface area contributed by atoms with Crippen molar-refractivity contribution in [3.63, 3.8) is 0 Å². The van der Waals surface area contributed by atoms with Gasteiger partial charge in [-0.3, -0.25) is 0 Å². The van der Waals surface area contributed by atoms with Gasteiger partial charge >= 0.3 is 0 Å². The second-order valence-electron chi connectivity index (χ2n) is 4.67. The zero-order valence-corrected chi connectivity index (χ0v) is 10.7. The van der Waals surface area contributed by atoms with E-state index >= 15 is 0 Å². The van der Waals surface area contributed by atoms with Crippen LogP contribution in [0.2, 0.25) is 0 Å². The van der Waals surface area contributed by atoms with Crippen LogP contribution in [0.3, 0.4) is 0 Å². The van der Waals surface area contributed by atoms with Crippen molar-refractivity contribution >= 4 is 23.1 Å². The van der Waals surface area contributed by atoms with Crippen molar-refractivity contribution in [2.75, 3.05) is 0 Å². The van der Waals surface area contributed by atoms with Crippen molar-refractivity contribution in [3.05, 3.63) is 91.0 Å². The molecule has 0 fully saturated rings. The number of benzene rings is 3. The third-order valence-corrected chi connectivity index (χ3v) is 3.40. The molecule has 0 saturated heterocycles. The van der Waals surface area contributed by atoms with Crippen molar-refractivity contribution in [1.29, 1.82) is 0 Å². The molecule has 91 valence electrons. The first-order valence-electron chi connectivity index (χ1n) is 6.60. The maximum absolute atomic E-state index is 2.20. The molecule has 0 unspecified atom stereocenters. The summed E-state index contributed by atoms with van der Waals surface area (Å²) in [6.07, 6.45) is 0. The maximum atomic E-state index is 2.20. The van der Waals surface area contributed by atoms with E-state index in [0.717, 1.165) is 0 Å². The smallest absolute Gasteiger partial charge is 0.0336 e. The minimum Gasteiger partial charge on any atom is -0.233 e. The Morgan fingerprint density at radius 2 is 0.632 bits per heavy atom. The molecule has 3 aromatic carbocycles. The molecule has 3 aromatic rings. The summed E-state index contributed by atoms with van der Waals surface area (Å²) in [5, 5.41) is 0. The third kappa shape index (κ3) is 2.60. The van der Waals surface area contributed by atoms with Gasteiger partial charge < -0.3 is 0 Å². The predicted octanol–water partition coefficient (Wildman–Crippen LogP) is 2.20. The molecular weight excluding hydrogens is 227 g/mol. The topological polar surface area (TPSA) is 0 Å². The summed E-state index contributed by atoms with van der Waals surface area (Å²) in [4.78, 5) is 0. The molecule has 3 rings (SSSR count). The lowest BCUT2D eigenvalue weighted by atomic mass is 9.37. The fourth-order valence-corrected chi connectivity index (χ4v) is 2.51. The lowest BCUT2D eigenvalue weighted by Crippen LogP contribution is -2.51. The molecule has 0 N–H and O–H groups in total. The van der Waals surface area contributed by atoms with Crippen LogP contribution in [0, 0.1) is 0 Å². The highest BCUT2D eigenvalue weighted by Gasteiger charge is 2.03. The van der Waals surface area contributed by atoms with Crippen LogP contribution in [-0.4, -0.2) is 6.71 Å². The third-order valence-electron chi connectivity index (χ3n) is 3.40. The highest BCUT2D eigenvalue weighted by Crippen LogP contribution is 1.95. The fourth-order valence-electron chi connectivity index (χ4n) is 2.51. The highest BCUT2D eigenvalue weighted by atomic mass is 13.9. The van der Waals surface area contributed by atoms with Crippen LogP contribution in [0.15, 0.2) is 91.0 Å². The van der Waals surface area contributed by atoms with Crippen LogP contribution in [0.1, 0.15) is 0 Å². The molecule has 0 aliphatic heterocycles. The van der Waals surface area contributed by atoms with Gasteiger partial charge in [0, 0.05) is 0 Å². The Labute approximate surface area is 114 Å². The van der Waals surface area contributed by atoms with Gasteiger partial charge in [0.05, 0.1) is 0 Å². The van der Waals surface area contributed by atoms with E-state index in [1.54, 1.807) is 0 Å². The summed E-state index contributed by atoms with van der Waals surface area (Å²) < 4.78 is 0. The van der Waals surface area contributed by atoms with Gasteiger partial charge in [0.25, 0.3) is 0 Å². The molecular formula is C18H15B-. The van der Waals surface area contributed by atoms with Crippen LogP contribution < -0.4 is 16.4 Å². The minimum atomic E-state index is 0.309.